The molecule has 0 spiro atoms. The number of fused-ring (bicyclic) bond motifs is 2. The van der Waals surface area contributed by atoms with Crippen LogP contribution in [0.2, 0.25) is 0 Å². The molecule has 0 aliphatic rings. The van der Waals surface area contributed by atoms with Crippen LogP contribution in [0, 0.1) is 0 Å². The summed E-state index contributed by atoms with van der Waals surface area (Å²) >= 11 is 3.83. The van der Waals surface area contributed by atoms with Crippen molar-refractivity contribution < 1.29 is 0 Å². The minimum absolute atomic E-state index is 0.169. The van der Waals surface area contributed by atoms with Crippen molar-refractivity contribution in [2.24, 2.45) is 0 Å². The summed E-state index contributed by atoms with van der Waals surface area (Å²) in [5.74, 6) is 0. The second-order valence-corrected chi connectivity index (χ2v) is 8.40. The van der Waals surface area contributed by atoms with Crippen LogP contribution in [-0.4, -0.2) is 0 Å². The van der Waals surface area contributed by atoms with Crippen molar-refractivity contribution in [1.29, 1.82) is 0 Å². The van der Waals surface area contributed by atoms with Crippen molar-refractivity contribution in [3.05, 3.63) is 82.8 Å². The molecule has 4 aromatic rings. The molecule has 0 saturated heterocycles. The molecule has 0 heterocycles. The highest BCUT2D eigenvalue weighted by Gasteiger charge is 2.16. The van der Waals surface area contributed by atoms with Crippen LogP contribution in [-0.2, 0) is 5.41 Å². The van der Waals surface area contributed by atoms with Gasteiger partial charge in [-0.1, -0.05) is 93.6 Å². The SMILES string of the molecule is CC(C)(C)c1ccc(-c2c3ccccc3c(Br)c3ccccc23)cc1. The van der Waals surface area contributed by atoms with Crippen LogP contribution in [0.5, 0.6) is 0 Å². The first-order valence-electron chi connectivity index (χ1n) is 8.67. The van der Waals surface area contributed by atoms with Crippen LogP contribution in [0.4, 0.5) is 0 Å². The van der Waals surface area contributed by atoms with E-state index in [1.54, 1.807) is 0 Å². The van der Waals surface area contributed by atoms with Crippen molar-refractivity contribution in [3.63, 3.8) is 0 Å². The molecule has 0 aromatic heterocycles. The first-order valence-corrected chi connectivity index (χ1v) is 9.46. The molecular formula is C24H21Br. The maximum atomic E-state index is 3.83. The van der Waals surface area contributed by atoms with Gasteiger partial charge in [0, 0.05) is 4.47 Å². The molecule has 124 valence electrons. The summed E-state index contributed by atoms with van der Waals surface area (Å²) in [6, 6.07) is 26.3. The van der Waals surface area contributed by atoms with E-state index >= 15 is 0 Å². The molecule has 0 radical (unpaired) electrons. The predicted octanol–water partition coefficient (Wildman–Crippen LogP) is 7.72. The van der Waals surface area contributed by atoms with E-state index < -0.39 is 0 Å². The Morgan fingerprint density at radius 2 is 1.04 bits per heavy atom. The molecule has 25 heavy (non-hydrogen) atoms. The Hall–Kier alpha value is -2.12. The summed E-state index contributed by atoms with van der Waals surface area (Å²) in [5, 5.41) is 5.10. The third-order valence-corrected chi connectivity index (χ3v) is 5.76. The summed E-state index contributed by atoms with van der Waals surface area (Å²) in [6.45, 7) is 6.77. The molecule has 0 saturated carbocycles. The molecule has 0 N–H and O–H groups in total. The first kappa shape index (κ1) is 16.4. The van der Waals surface area contributed by atoms with Gasteiger partial charge in [0.25, 0.3) is 0 Å². The summed E-state index contributed by atoms with van der Waals surface area (Å²) in [4.78, 5) is 0. The largest absolute Gasteiger partial charge is 0.0616 e. The second kappa shape index (κ2) is 6.00. The van der Waals surface area contributed by atoms with Gasteiger partial charge in [-0.25, -0.2) is 0 Å². The van der Waals surface area contributed by atoms with Gasteiger partial charge in [0.2, 0.25) is 0 Å². The Balaban J connectivity index is 2.07. The fraction of sp³-hybridized carbons (Fsp3) is 0.167. The fourth-order valence-corrected chi connectivity index (χ4v) is 4.21. The van der Waals surface area contributed by atoms with Crippen molar-refractivity contribution in [3.8, 4) is 11.1 Å². The molecule has 4 rings (SSSR count). The molecule has 0 unspecified atom stereocenters. The number of rotatable bonds is 1. The second-order valence-electron chi connectivity index (χ2n) is 7.61. The van der Waals surface area contributed by atoms with Crippen LogP contribution in [0.25, 0.3) is 32.7 Å². The number of hydrogen-bond donors (Lipinski definition) is 0. The van der Waals surface area contributed by atoms with E-state index in [4.69, 9.17) is 0 Å². The van der Waals surface area contributed by atoms with Gasteiger partial charge in [-0.05, 0) is 59.6 Å². The average molecular weight is 389 g/mol. The smallest absolute Gasteiger partial charge is 0.0332 e. The maximum absolute atomic E-state index is 3.83. The van der Waals surface area contributed by atoms with E-state index in [2.05, 4.69) is 109 Å². The molecule has 0 amide bonds. The topological polar surface area (TPSA) is 0 Å². The van der Waals surface area contributed by atoms with Gasteiger partial charge in [0.05, 0.1) is 0 Å². The fourth-order valence-electron chi connectivity index (χ4n) is 3.52. The maximum Gasteiger partial charge on any atom is 0.0332 e. The van der Waals surface area contributed by atoms with Crippen LogP contribution in [0.1, 0.15) is 26.3 Å². The standard InChI is InChI=1S/C24H21Br/c1-24(2,3)17-14-12-16(13-15-17)22-18-8-4-6-10-20(18)23(25)21-11-7-5-9-19(21)22/h4-15H,1-3H3. The Morgan fingerprint density at radius 3 is 1.48 bits per heavy atom. The van der Waals surface area contributed by atoms with Crippen LogP contribution in [0.3, 0.4) is 0 Å². The Bertz CT molecular complexity index is 1010. The highest BCUT2D eigenvalue weighted by molar-refractivity contribution is 9.10. The van der Waals surface area contributed by atoms with E-state index in [0.717, 1.165) is 0 Å². The van der Waals surface area contributed by atoms with Crippen molar-refractivity contribution >= 4 is 37.5 Å². The van der Waals surface area contributed by atoms with Crippen LogP contribution >= 0.6 is 15.9 Å². The van der Waals surface area contributed by atoms with Gasteiger partial charge in [-0.15, -0.1) is 0 Å². The molecule has 0 fully saturated rings. The van der Waals surface area contributed by atoms with Crippen LogP contribution < -0.4 is 0 Å². The van der Waals surface area contributed by atoms with Crippen molar-refractivity contribution in [2.75, 3.05) is 0 Å². The van der Waals surface area contributed by atoms with Crippen molar-refractivity contribution in [2.45, 2.75) is 26.2 Å². The molecule has 0 aliphatic heterocycles. The lowest BCUT2D eigenvalue weighted by atomic mass is 9.85. The molecule has 0 bridgehead atoms. The lowest BCUT2D eigenvalue weighted by Gasteiger charge is -2.20. The quantitative estimate of drug-likeness (QED) is 0.292. The first-order chi connectivity index (χ1) is 12.0. The van der Waals surface area contributed by atoms with Gasteiger partial charge in [0.15, 0.2) is 0 Å². The zero-order valence-electron chi connectivity index (χ0n) is 14.8. The van der Waals surface area contributed by atoms with E-state index in [-0.39, 0.29) is 5.41 Å². The number of benzene rings is 4. The zero-order chi connectivity index (χ0) is 17.6. The lowest BCUT2D eigenvalue weighted by Crippen LogP contribution is -2.10. The number of hydrogen-bond acceptors (Lipinski definition) is 0. The minimum Gasteiger partial charge on any atom is -0.0616 e. The summed E-state index contributed by atoms with van der Waals surface area (Å²) in [5.41, 5.74) is 4.12. The average Bonchev–Trinajstić information content (AvgIpc) is 2.62. The predicted molar refractivity (Wildman–Crippen MR) is 113 cm³/mol. The van der Waals surface area contributed by atoms with E-state index in [0.29, 0.717) is 0 Å². The van der Waals surface area contributed by atoms with E-state index in [1.807, 2.05) is 0 Å². The van der Waals surface area contributed by atoms with E-state index in [9.17, 15) is 0 Å². The Kier molecular flexibility index (Phi) is 3.92. The third-order valence-electron chi connectivity index (χ3n) is 4.91. The van der Waals surface area contributed by atoms with Gasteiger partial charge in [0.1, 0.15) is 0 Å². The summed E-state index contributed by atoms with van der Waals surface area (Å²) in [7, 11) is 0. The zero-order valence-corrected chi connectivity index (χ0v) is 16.4. The highest BCUT2D eigenvalue weighted by Crippen LogP contribution is 2.41. The molecular weight excluding hydrogens is 368 g/mol. The molecule has 1 heteroatoms. The number of halogens is 1. The molecule has 0 aliphatic carbocycles. The third kappa shape index (κ3) is 2.77. The Morgan fingerprint density at radius 1 is 0.600 bits per heavy atom. The molecule has 0 atom stereocenters. The molecule has 0 nitrogen and oxygen atoms in total. The van der Waals surface area contributed by atoms with Gasteiger partial charge < -0.3 is 0 Å². The summed E-state index contributed by atoms with van der Waals surface area (Å²) < 4.78 is 1.17. The monoisotopic (exact) mass is 388 g/mol. The van der Waals surface area contributed by atoms with E-state index in [1.165, 1.54) is 42.7 Å². The highest BCUT2D eigenvalue weighted by atomic mass is 79.9. The lowest BCUT2D eigenvalue weighted by molar-refractivity contribution is 0.590. The van der Waals surface area contributed by atoms with Gasteiger partial charge >= 0.3 is 0 Å². The Labute approximate surface area is 157 Å². The van der Waals surface area contributed by atoms with Gasteiger partial charge in [-0.3, -0.25) is 0 Å². The van der Waals surface area contributed by atoms with Crippen LogP contribution in [0.15, 0.2) is 77.3 Å². The molecule has 4 aromatic carbocycles. The van der Waals surface area contributed by atoms with Gasteiger partial charge in [-0.2, -0.15) is 0 Å². The van der Waals surface area contributed by atoms with Crippen molar-refractivity contribution in [1.82, 2.24) is 0 Å². The summed E-state index contributed by atoms with van der Waals surface area (Å²) in [6.07, 6.45) is 0. The normalized spacial score (nSPS) is 12.0. The minimum atomic E-state index is 0.169.